The molecule has 2 unspecified atom stereocenters. The maximum atomic E-state index is 11.6. The Bertz CT molecular complexity index is 426. The number of amides is 1. The lowest BCUT2D eigenvalue weighted by Crippen LogP contribution is -2.29. The van der Waals surface area contributed by atoms with Crippen molar-refractivity contribution in [1.29, 1.82) is 0 Å². The molecule has 6 heteroatoms. The van der Waals surface area contributed by atoms with Gasteiger partial charge < -0.3 is 11.1 Å². The number of nitrogens with one attached hydrogen (secondary N) is 1. The summed E-state index contributed by atoms with van der Waals surface area (Å²) in [5, 5.41) is 2.53. The fourth-order valence-electron chi connectivity index (χ4n) is 1.13. The number of carbonyl (C=O) groups is 1. The molecule has 0 aliphatic rings. The maximum absolute atomic E-state index is 11.6. The van der Waals surface area contributed by atoms with Crippen molar-refractivity contribution in [3.05, 3.63) is 28.7 Å². The molecule has 0 heterocycles. The molecule has 0 spiro atoms. The summed E-state index contributed by atoms with van der Waals surface area (Å²) in [7, 11) is -1.23. The number of para-hydroxylation sites is 1. The van der Waals surface area contributed by atoms with Crippen LogP contribution >= 0.6 is 15.9 Å². The summed E-state index contributed by atoms with van der Waals surface area (Å²) >= 11 is 3.32. The van der Waals surface area contributed by atoms with Crippen LogP contribution in [0.3, 0.4) is 0 Å². The van der Waals surface area contributed by atoms with Gasteiger partial charge in [-0.25, -0.2) is 0 Å². The van der Waals surface area contributed by atoms with Gasteiger partial charge in [-0.15, -0.1) is 0 Å². The van der Waals surface area contributed by atoms with Gasteiger partial charge in [0.25, 0.3) is 0 Å². The molecule has 17 heavy (non-hydrogen) atoms. The summed E-state index contributed by atoms with van der Waals surface area (Å²) < 4.78 is 12.4. The number of carbonyl (C=O) groups excluding carboxylic acids is 1. The van der Waals surface area contributed by atoms with E-state index in [1.807, 2.05) is 18.2 Å². The fraction of sp³-hybridized carbons (Fsp3) is 0.364. The van der Waals surface area contributed by atoms with Crippen LogP contribution in [0.25, 0.3) is 0 Å². The van der Waals surface area contributed by atoms with Gasteiger partial charge in [0.15, 0.2) is 0 Å². The summed E-state index contributed by atoms with van der Waals surface area (Å²) in [6.45, 7) is 2.08. The molecule has 0 aliphatic heterocycles. The van der Waals surface area contributed by atoms with Gasteiger partial charge in [-0.2, -0.15) is 0 Å². The minimum absolute atomic E-state index is 0.0281. The molecule has 0 aromatic heterocycles. The number of hydrogen-bond donors (Lipinski definition) is 2. The number of nitrogens with two attached hydrogens (primary N) is 1. The first-order valence-electron chi connectivity index (χ1n) is 5.16. The molecule has 1 aromatic rings. The second-order valence-corrected chi connectivity index (χ2v) is 6.31. The van der Waals surface area contributed by atoms with Crippen molar-refractivity contribution < 1.29 is 9.00 Å². The zero-order valence-corrected chi connectivity index (χ0v) is 11.9. The highest BCUT2D eigenvalue weighted by Crippen LogP contribution is 2.20. The summed E-state index contributed by atoms with van der Waals surface area (Å²) in [5.74, 6) is -0.296. The third-order valence-corrected chi connectivity index (χ3v) is 4.53. The number of anilines is 1. The Morgan fingerprint density at radius 1 is 1.53 bits per heavy atom. The van der Waals surface area contributed by atoms with Gasteiger partial charge in [-0.05, 0) is 35.0 Å². The van der Waals surface area contributed by atoms with Gasteiger partial charge in [0.2, 0.25) is 5.91 Å². The Kier molecular flexibility index (Phi) is 5.80. The van der Waals surface area contributed by atoms with E-state index in [0.717, 1.165) is 4.47 Å². The molecular weight excluding hydrogens is 304 g/mol. The smallest absolute Gasteiger partial charge is 0.237 e. The highest BCUT2D eigenvalue weighted by molar-refractivity contribution is 9.10. The molecule has 0 radical (unpaired) electrons. The Labute approximate surface area is 112 Å². The Hall–Kier alpha value is -0.720. The molecule has 2 atom stereocenters. The van der Waals surface area contributed by atoms with Gasteiger partial charge in [-0.3, -0.25) is 9.00 Å². The van der Waals surface area contributed by atoms with E-state index < -0.39 is 10.8 Å². The van der Waals surface area contributed by atoms with E-state index in [0.29, 0.717) is 12.2 Å². The van der Waals surface area contributed by atoms with E-state index in [1.165, 1.54) is 0 Å². The predicted octanol–water partition coefficient (Wildman–Crippen LogP) is 1.48. The summed E-state index contributed by atoms with van der Waals surface area (Å²) in [4.78, 5) is 11.6. The van der Waals surface area contributed by atoms with E-state index >= 15 is 0 Å². The third kappa shape index (κ3) is 4.57. The molecule has 4 nitrogen and oxygen atoms in total. The summed E-state index contributed by atoms with van der Waals surface area (Å²) in [6, 6.07) is 7.28. The molecule has 0 fully saturated rings. The van der Waals surface area contributed by atoms with Crippen LogP contribution in [0, 0.1) is 0 Å². The Morgan fingerprint density at radius 3 is 2.76 bits per heavy atom. The standard InChI is InChI=1S/C11H15BrN2O2S/c1-8(6-13)17(16)7-11(15)14-10-5-3-2-4-9(10)12/h2-5,8H,6-7,13H2,1H3,(H,14,15). The van der Waals surface area contributed by atoms with Gasteiger partial charge >= 0.3 is 0 Å². The number of rotatable bonds is 5. The Morgan fingerprint density at radius 2 is 2.18 bits per heavy atom. The number of halogens is 1. The van der Waals surface area contributed by atoms with Crippen LogP contribution in [-0.4, -0.2) is 27.7 Å². The maximum Gasteiger partial charge on any atom is 0.237 e. The normalized spacial score (nSPS) is 14.1. The lowest BCUT2D eigenvalue weighted by atomic mass is 10.3. The molecule has 3 N–H and O–H groups in total. The van der Waals surface area contributed by atoms with Crippen molar-refractivity contribution >= 4 is 38.3 Å². The number of benzene rings is 1. The second kappa shape index (κ2) is 6.88. The molecule has 1 amide bonds. The first kappa shape index (κ1) is 14.3. The molecule has 0 saturated carbocycles. The first-order valence-corrected chi connectivity index (χ1v) is 7.33. The second-order valence-electron chi connectivity index (χ2n) is 3.60. The molecule has 0 bridgehead atoms. The molecule has 1 rings (SSSR count). The van der Waals surface area contributed by atoms with E-state index in [-0.39, 0.29) is 16.9 Å². The zero-order valence-electron chi connectivity index (χ0n) is 9.48. The molecule has 1 aromatic carbocycles. The van der Waals surface area contributed by atoms with Crippen LogP contribution in [0.1, 0.15) is 6.92 Å². The predicted molar refractivity (Wildman–Crippen MR) is 74.3 cm³/mol. The fourth-order valence-corrected chi connectivity index (χ4v) is 2.34. The zero-order chi connectivity index (χ0) is 12.8. The van der Waals surface area contributed by atoms with Crippen molar-refractivity contribution in [2.24, 2.45) is 5.73 Å². The monoisotopic (exact) mass is 318 g/mol. The summed E-state index contributed by atoms with van der Waals surface area (Å²) in [6.07, 6.45) is 0. The van der Waals surface area contributed by atoms with Crippen LogP contribution in [-0.2, 0) is 15.6 Å². The van der Waals surface area contributed by atoms with E-state index in [4.69, 9.17) is 5.73 Å². The minimum Gasteiger partial charge on any atom is -0.329 e. The van der Waals surface area contributed by atoms with Crippen molar-refractivity contribution in [3.8, 4) is 0 Å². The van der Waals surface area contributed by atoms with Gasteiger partial charge in [0.05, 0.1) is 5.69 Å². The van der Waals surface area contributed by atoms with Crippen LogP contribution in [0.4, 0.5) is 5.69 Å². The quantitative estimate of drug-likeness (QED) is 0.863. The van der Waals surface area contributed by atoms with Gasteiger partial charge in [-0.1, -0.05) is 12.1 Å². The molecule has 0 saturated heterocycles. The lowest BCUT2D eigenvalue weighted by Gasteiger charge is -2.10. The molecule has 0 aliphatic carbocycles. The average molecular weight is 319 g/mol. The number of hydrogen-bond acceptors (Lipinski definition) is 3. The van der Waals surface area contributed by atoms with E-state index in [1.54, 1.807) is 13.0 Å². The van der Waals surface area contributed by atoms with Crippen molar-refractivity contribution in [3.63, 3.8) is 0 Å². The molecule has 94 valence electrons. The highest BCUT2D eigenvalue weighted by atomic mass is 79.9. The average Bonchev–Trinajstić information content (AvgIpc) is 2.31. The van der Waals surface area contributed by atoms with Crippen molar-refractivity contribution in [2.75, 3.05) is 17.6 Å². The largest absolute Gasteiger partial charge is 0.329 e. The van der Waals surface area contributed by atoms with Crippen LogP contribution < -0.4 is 11.1 Å². The SMILES string of the molecule is CC(CN)S(=O)CC(=O)Nc1ccccc1Br. The van der Waals surface area contributed by atoms with E-state index in [2.05, 4.69) is 21.2 Å². The summed E-state index contributed by atoms with van der Waals surface area (Å²) in [5.41, 5.74) is 6.07. The highest BCUT2D eigenvalue weighted by Gasteiger charge is 2.14. The third-order valence-electron chi connectivity index (χ3n) is 2.20. The van der Waals surface area contributed by atoms with E-state index in [9.17, 15) is 9.00 Å². The van der Waals surface area contributed by atoms with Crippen molar-refractivity contribution in [2.45, 2.75) is 12.2 Å². The van der Waals surface area contributed by atoms with Crippen LogP contribution in [0.2, 0.25) is 0 Å². The lowest BCUT2D eigenvalue weighted by molar-refractivity contribution is -0.113. The van der Waals surface area contributed by atoms with Gasteiger partial charge in [0.1, 0.15) is 5.75 Å². The Balaban J connectivity index is 2.56. The van der Waals surface area contributed by atoms with Crippen LogP contribution in [0.15, 0.2) is 28.7 Å². The molecular formula is C11H15BrN2O2S. The topological polar surface area (TPSA) is 72.2 Å². The first-order chi connectivity index (χ1) is 8.04. The van der Waals surface area contributed by atoms with Crippen LogP contribution in [0.5, 0.6) is 0 Å². The van der Waals surface area contributed by atoms with Crippen molar-refractivity contribution in [1.82, 2.24) is 0 Å². The van der Waals surface area contributed by atoms with Gasteiger partial charge in [0, 0.05) is 27.1 Å². The minimum atomic E-state index is -1.23.